The molecule has 3 rings (SSSR count). The molecule has 1 aliphatic heterocycles. The van der Waals surface area contributed by atoms with E-state index >= 15 is 0 Å². The molecule has 0 fully saturated rings. The normalized spacial score (nSPS) is 17.6. The van der Waals surface area contributed by atoms with Crippen molar-refractivity contribution in [2.45, 2.75) is 31.7 Å². The molecule has 0 aliphatic carbocycles. The summed E-state index contributed by atoms with van der Waals surface area (Å²) in [6.07, 6.45) is 0. The highest BCUT2D eigenvalue weighted by Crippen LogP contribution is 2.23. The topological polar surface area (TPSA) is 87.6 Å². The molecule has 1 heterocycles. The molecule has 6 nitrogen and oxygen atoms in total. The smallest absolute Gasteiger partial charge is 0.263 e. The molecule has 0 aromatic heterocycles. The Kier molecular flexibility index (Phi) is 4.82. The first-order chi connectivity index (χ1) is 12.3. The first-order valence-corrected chi connectivity index (χ1v) is 9.84. The Morgan fingerprint density at radius 3 is 2.54 bits per heavy atom. The van der Waals surface area contributed by atoms with Gasteiger partial charge in [0.25, 0.3) is 10.0 Å². The van der Waals surface area contributed by atoms with Crippen molar-refractivity contribution in [3.8, 4) is 0 Å². The zero-order valence-electron chi connectivity index (χ0n) is 14.9. The van der Waals surface area contributed by atoms with Gasteiger partial charge in [-0.3, -0.25) is 14.5 Å². The van der Waals surface area contributed by atoms with E-state index in [0.717, 1.165) is 5.56 Å². The number of anilines is 1. The number of nitrogens with one attached hydrogen (secondary N) is 2. The molecule has 0 saturated carbocycles. The second kappa shape index (κ2) is 6.92. The summed E-state index contributed by atoms with van der Waals surface area (Å²) in [4.78, 5) is 17.4. The van der Waals surface area contributed by atoms with Gasteiger partial charge in [0.2, 0.25) is 5.91 Å². The fourth-order valence-corrected chi connectivity index (χ4v) is 4.06. The third-order valence-corrected chi connectivity index (χ3v) is 5.51. The number of amidine groups is 1. The minimum absolute atomic E-state index is 0.107. The maximum atomic E-state index is 12.7. The van der Waals surface area contributed by atoms with E-state index in [2.05, 4.69) is 15.0 Å². The molecule has 1 unspecified atom stereocenters. The first-order valence-electron chi connectivity index (χ1n) is 8.35. The molecular formula is C19H21N3O3S. The fourth-order valence-electron chi connectivity index (χ4n) is 2.82. The van der Waals surface area contributed by atoms with Crippen LogP contribution >= 0.6 is 0 Å². The fraction of sp³-hybridized carbons (Fsp3) is 0.263. The average molecular weight is 371 g/mol. The average Bonchev–Trinajstić information content (AvgIpc) is 2.83. The van der Waals surface area contributed by atoms with Crippen LogP contribution < -0.4 is 10.0 Å². The van der Waals surface area contributed by atoms with Crippen LogP contribution in [0.4, 0.5) is 5.69 Å². The number of hydrogen-bond acceptors (Lipinski definition) is 4. The van der Waals surface area contributed by atoms with E-state index in [4.69, 9.17) is 0 Å². The second-order valence-electron chi connectivity index (χ2n) is 6.63. The minimum Gasteiger partial charge on any atom is -0.324 e. The molecule has 0 spiro atoms. The number of hydrogen-bond donors (Lipinski definition) is 2. The molecule has 0 saturated heterocycles. The van der Waals surface area contributed by atoms with E-state index in [1.54, 1.807) is 18.2 Å². The summed E-state index contributed by atoms with van der Waals surface area (Å²) in [6, 6.07) is 13.4. The number of amides is 1. The maximum Gasteiger partial charge on any atom is 0.263 e. The Morgan fingerprint density at radius 1 is 1.12 bits per heavy atom. The Bertz CT molecular complexity index is 981. The van der Waals surface area contributed by atoms with Crippen LogP contribution in [-0.2, 0) is 14.8 Å². The largest absolute Gasteiger partial charge is 0.324 e. The molecule has 7 heteroatoms. The Morgan fingerprint density at radius 2 is 1.85 bits per heavy atom. The summed E-state index contributed by atoms with van der Waals surface area (Å²) in [6.45, 7) is 5.69. The lowest BCUT2D eigenvalue weighted by Gasteiger charge is -2.17. The number of rotatable bonds is 4. The zero-order valence-corrected chi connectivity index (χ0v) is 15.7. The minimum atomic E-state index is -3.63. The summed E-state index contributed by atoms with van der Waals surface area (Å²) in [7, 11) is -3.63. The molecule has 1 amide bonds. The van der Waals surface area contributed by atoms with E-state index in [1.165, 1.54) is 6.07 Å². The molecule has 2 aromatic carbocycles. The van der Waals surface area contributed by atoms with Gasteiger partial charge < -0.3 is 5.32 Å². The molecule has 2 N–H and O–H groups in total. The molecule has 26 heavy (non-hydrogen) atoms. The van der Waals surface area contributed by atoms with Gasteiger partial charge >= 0.3 is 0 Å². The van der Waals surface area contributed by atoms with Crippen molar-refractivity contribution in [1.82, 2.24) is 4.72 Å². The van der Waals surface area contributed by atoms with Crippen molar-refractivity contribution in [3.63, 3.8) is 0 Å². The van der Waals surface area contributed by atoms with Crippen LogP contribution in [0.1, 0.15) is 25.0 Å². The van der Waals surface area contributed by atoms with Crippen molar-refractivity contribution in [1.29, 1.82) is 0 Å². The number of benzene rings is 2. The van der Waals surface area contributed by atoms with Gasteiger partial charge in [0.1, 0.15) is 11.9 Å². The van der Waals surface area contributed by atoms with Crippen molar-refractivity contribution in [2.75, 3.05) is 5.32 Å². The summed E-state index contributed by atoms with van der Waals surface area (Å²) in [5.74, 6) is -0.176. The van der Waals surface area contributed by atoms with Gasteiger partial charge in [-0.25, -0.2) is 8.42 Å². The van der Waals surface area contributed by atoms with Gasteiger partial charge in [0.15, 0.2) is 0 Å². The van der Waals surface area contributed by atoms with Crippen molar-refractivity contribution in [3.05, 3.63) is 59.7 Å². The van der Waals surface area contributed by atoms with Crippen LogP contribution in [0.3, 0.4) is 0 Å². The van der Waals surface area contributed by atoms with Crippen LogP contribution in [0.15, 0.2) is 58.4 Å². The van der Waals surface area contributed by atoms with Crippen LogP contribution in [-0.4, -0.2) is 26.2 Å². The van der Waals surface area contributed by atoms with Gasteiger partial charge in [-0.2, -0.15) is 0 Å². The van der Waals surface area contributed by atoms with Crippen molar-refractivity contribution < 1.29 is 13.2 Å². The van der Waals surface area contributed by atoms with Crippen molar-refractivity contribution in [2.24, 2.45) is 10.9 Å². The Balaban J connectivity index is 1.92. The van der Waals surface area contributed by atoms with Crippen LogP contribution in [0.25, 0.3) is 0 Å². The highest BCUT2D eigenvalue weighted by Gasteiger charge is 2.32. The first kappa shape index (κ1) is 18.1. The van der Waals surface area contributed by atoms with Crippen LogP contribution in [0.5, 0.6) is 0 Å². The van der Waals surface area contributed by atoms with E-state index in [9.17, 15) is 13.2 Å². The van der Waals surface area contributed by atoms with E-state index in [1.807, 2.05) is 45.0 Å². The molecule has 0 bridgehead atoms. The molecule has 1 atom stereocenters. The third-order valence-electron chi connectivity index (χ3n) is 4.12. The number of sulfonamides is 1. The Hall–Kier alpha value is -2.67. The highest BCUT2D eigenvalue weighted by molar-refractivity contribution is 7.90. The van der Waals surface area contributed by atoms with Gasteiger partial charge in [-0.05, 0) is 42.7 Å². The predicted molar refractivity (Wildman–Crippen MR) is 102 cm³/mol. The van der Waals surface area contributed by atoms with Gasteiger partial charge in [-0.15, -0.1) is 0 Å². The lowest BCUT2D eigenvalue weighted by Crippen LogP contribution is -2.34. The SMILES string of the molecule is Cc1cccc(NC(=O)C(N=C2NS(=O)(=O)c3ccccc32)C(C)C)c1. The lowest BCUT2D eigenvalue weighted by molar-refractivity contribution is -0.118. The lowest BCUT2D eigenvalue weighted by atomic mass is 10.0. The summed E-state index contributed by atoms with van der Waals surface area (Å²) < 4.78 is 26.9. The van der Waals surface area contributed by atoms with E-state index in [0.29, 0.717) is 11.3 Å². The summed E-state index contributed by atoms with van der Waals surface area (Å²) in [5.41, 5.74) is 2.21. The zero-order chi connectivity index (χ0) is 18.9. The highest BCUT2D eigenvalue weighted by atomic mass is 32.2. The van der Waals surface area contributed by atoms with Crippen LogP contribution in [0, 0.1) is 12.8 Å². The monoisotopic (exact) mass is 371 g/mol. The summed E-state index contributed by atoms with van der Waals surface area (Å²) >= 11 is 0. The standard InChI is InChI=1S/C19H21N3O3S/c1-12(2)17(19(23)20-14-8-6-7-13(3)11-14)21-18-15-9-4-5-10-16(15)26(24,25)22-18/h4-12,17H,1-3H3,(H,20,23)(H,21,22). The molecule has 1 aliphatic rings. The number of carbonyl (C=O) groups excluding carboxylic acids is 1. The summed E-state index contributed by atoms with van der Waals surface area (Å²) in [5, 5.41) is 2.86. The number of aryl methyl sites for hydroxylation is 1. The molecule has 136 valence electrons. The Labute approximate surface area is 153 Å². The predicted octanol–water partition coefficient (Wildman–Crippen LogP) is 2.70. The quantitative estimate of drug-likeness (QED) is 0.866. The third kappa shape index (κ3) is 3.62. The number of nitrogens with zero attached hydrogens (tertiary/aromatic N) is 1. The molecular weight excluding hydrogens is 350 g/mol. The van der Waals surface area contributed by atoms with E-state index in [-0.39, 0.29) is 22.6 Å². The molecule has 0 radical (unpaired) electrons. The van der Waals surface area contributed by atoms with Crippen LogP contribution in [0.2, 0.25) is 0 Å². The van der Waals surface area contributed by atoms with Gasteiger partial charge in [-0.1, -0.05) is 38.1 Å². The van der Waals surface area contributed by atoms with Gasteiger partial charge in [0, 0.05) is 11.3 Å². The maximum absolute atomic E-state index is 12.7. The second-order valence-corrected chi connectivity index (χ2v) is 8.28. The molecule has 2 aromatic rings. The number of aliphatic imine (C=N–C) groups is 1. The van der Waals surface area contributed by atoms with Crippen molar-refractivity contribution >= 4 is 27.5 Å². The van der Waals surface area contributed by atoms with Gasteiger partial charge in [0.05, 0.1) is 4.90 Å². The number of fused-ring (bicyclic) bond motifs is 1. The number of carbonyl (C=O) groups is 1. The van der Waals surface area contributed by atoms with E-state index < -0.39 is 16.1 Å².